The van der Waals surface area contributed by atoms with Crippen LogP contribution in [0.1, 0.15) is 51.5 Å². The number of hydrogen-bond acceptors (Lipinski definition) is 3. The summed E-state index contributed by atoms with van der Waals surface area (Å²) in [5.74, 6) is 0.308. The number of Topliss-reactive ketones (excluding diaryl/α,β-unsaturated/α-hetero) is 2. The fourth-order valence-electron chi connectivity index (χ4n) is 5.08. The average molecular weight is 346 g/mol. The van der Waals surface area contributed by atoms with E-state index in [2.05, 4.69) is 4.90 Å². The molecule has 4 rings (SSSR count). The standard InChI is InChI=1S/C20H24ClNO2/c1-19(2)11-17(23)20(18(24)12-19)10-13-6-7-14(21)9-15(13)22-8-4-3-5-16(20)22/h6-7,9,16H,3-5,8,10-12H2,1-2H3. The minimum Gasteiger partial charge on any atom is -0.367 e. The first-order valence-electron chi connectivity index (χ1n) is 8.95. The van der Waals surface area contributed by atoms with Crippen LogP contribution in [0.25, 0.3) is 0 Å². The molecule has 2 fully saturated rings. The maximum Gasteiger partial charge on any atom is 0.149 e. The van der Waals surface area contributed by atoms with E-state index >= 15 is 0 Å². The number of ketones is 2. The van der Waals surface area contributed by atoms with E-state index in [4.69, 9.17) is 11.6 Å². The van der Waals surface area contributed by atoms with Gasteiger partial charge in [0.05, 0.1) is 0 Å². The van der Waals surface area contributed by atoms with Gasteiger partial charge >= 0.3 is 0 Å². The van der Waals surface area contributed by atoms with Gasteiger partial charge in [0.1, 0.15) is 17.0 Å². The first-order valence-corrected chi connectivity index (χ1v) is 9.33. The molecule has 1 saturated carbocycles. The van der Waals surface area contributed by atoms with Gasteiger partial charge < -0.3 is 4.90 Å². The highest BCUT2D eigenvalue weighted by atomic mass is 35.5. The van der Waals surface area contributed by atoms with Crippen molar-refractivity contribution in [3.8, 4) is 0 Å². The minimum absolute atomic E-state index is 0.00770. The lowest BCUT2D eigenvalue weighted by Crippen LogP contribution is -2.64. The molecule has 0 amide bonds. The van der Waals surface area contributed by atoms with Crippen molar-refractivity contribution in [2.75, 3.05) is 11.4 Å². The smallest absolute Gasteiger partial charge is 0.149 e. The molecule has 3 aliphatic rings. The molecule has 1 unspecified atom stereocenters. The Bertz CT molecular complexity index is 704. The number of carbonyl (C=O) groups excluding carboxylic acids is 2. The Kier molecular flexibility index (Phi) is 3.58. The van der Waals surface area contributed by atoms with Gasteiger partial charge in [0, 0.05) is 36.1 Å². The Morgan fingerprint density at radius 1 is 1.08 bits per heavy atom. The van der Waals surface area contributed by atoms with Crippen LogP contribution in [0.2, 0.25) is 5.02 Å². The molecule has 1 aromatic carbocycles. The highest BCUT2D eigenvalue weighted by Gasteiger charge is 2.59. The summed E-state index contributed by atoms with van der Waals surface area (Å²) in [5, 5.41) is 0.719. The third-order valence-corrected chi connectivity index (χ3v) is 6.41. The minimum atomic E-state index is -0.837. The topological polar surface area (TPSA) is 37.4 Å². The molecule has 0 bridgehead atoms. The lowest BCUT2D eigenvalue weighted by atomic mass is 9.55. The van der Waals surface area contributed by atoms with Crippen molar-refractivity contribution >= 4 is 28.9 Å². The van der Waals surface area contributed by atoms with Crippen LogP contribution in [-0.2, 0) is 16.0 Å². The third-order valence-electron chi connectivity index (χ3n) is 6.17. The summed E-state index contributed by atoms with van der Waals surface area (Å²) in [7, 11) is 0. The molecule has 1 spiro atoms. The first kappa shape index (κ1) is 16.1. The number of hydrogen-bond donors (Lipinski definition) is 0. The maximum absolute atomic E-state index is 13.3. The monoisotopic (exact) mass is 345 g/mol. The van der Waals surface area contributed by atoms with Crippen LogP contribution in [0.5, 0.6) is 0 Å². The second kappa shape index (κ2) is 5.32. The predicted molar refractivity (Wildman–Crippen MR) is 95.6 cm³/mol. The Morgan fingerprint density at radius 3 is 2.50 bits per heavy atom. The molecule has 0 aromatic heterocycles. The molecular weight excluding hydrogens is 322 g/mol. The number of piperidine rings is 1. The summed E-state index contributed by atoms with van der Waals surface area (Å²) in [5.41, 5.74) is 1.18. The second-order valence-corrected chi connectivity index (χ2v) is 8.93. The SMILES string of the molecule is CC1(C)CC(=O)C2(Cc3ccc(Cl)cc3N3CCCCC32)C(=O)C1. The molecule has 3 nitrogen and oxygen atoms in total. The lowest BCUT2D eigenvalue weighted by molar-refractivity contribution is -0.150. The number of nitrogens with zero attached hydrogens (tertiary/aromatic N) is 1. The van der Waals surface area contributed by atoms with Gasteiger partial charge in [-0.15, -0.1) is 0 Å². The highest BCUT2D eigenvalue weighted by molar-refractivity contribution is 6.31. The number of carbonyl (C=O) groups is 2. The highest BCUT2D eigenvalue weighted by Crippen LogP contribution is 2.52. The van der Waals surface area contributed by atoms with E-state index in [9.17, 15) is 9.59 Å². The van der Waals surface area contributed by atoms with Crippen molar-refractivity contribution in [2.45, 2.75) is 58.4 Å². The van der Waals surface area contributed by atoms with Crippen molar-refractivity contribution in [3.63, 3.8) is 0 Å². The predicted octanol–water partition coefficient (Wildman–Crippen LogP) is 4.20. The van der Waals surface area contributed by atoms with E-state index in [0.717, 1.165) is 42.1 Å². The van der Waals surface area contributed by atoms with Crippen LogP contribution in [0.3, 0.4) is 0 Å². The Hall–Kier alpha value is -1.35. The van der Waals surface area contributed by atoms with Crippen LogP contribution in [0.4, 0.5) is 5.69 Å². The molecule has 2 aliphatic heterocycles. The van der Waals surface area contributed by atoms with Gasteiger partial charge in [-0.25, -0.2) is 0 Å². The van der Waals surface area contributed by atoms with E-state index in [1.54, 1.807) is 0 Å². The molecule has 0 radical (unpaired) electrons. The van der Waals surface area contributed by atoms with E-state index in [0.29, 0.717) is 19.3 Å². The Morgan fingerprint density at radius 2 is 1.79 bits per heavy atom. The van der Waals surface area contributed by atoms with Crippen molar-refractivity contribution in [2.24, 2.45) is 10.8 Å². The summed E-state index contributed by atoms with van der Waals surface area (Å²) in [6, 6.07) is 5.89. The molecule has 1 aliphatic carbocycles. The molecule has 1 aromatic rings. The molecule has 0 N–H and O–H groups in total. The molecule has 1 atom stereocenters. The first-order chi connectivity index (χ1) is 11.3. The average Bonchev–Trinajstić information content (AvgIpc) is 2.52. The fraction of sp³-hybridized carbons (Fsp3) is 0.600. The number of rotatable bonds is 0. The van der Waals surface area contributed by atoms with Crippen molar-refractivity contribution in [1.29, 1.82) is 0 Å². The Labute approximate surface area is 148 Å². The van der Waals surface area contributed by atoms with Crippen molar-refractivity contribution < 1.29 is 9.59 Å². The van der Waals surface area contributed by atoms with E-state index < -0.39 is 5.41 Å². The molecule has 1 saturated heterocycles. The third kappa shape index (κ3) is 2.24. The van der Waals surface area contributed by atoms with Crippen LogP contribution in [0, 0.1) is 10.8 Å². The number of benzene rings is 1. The largest absolute Gasteiger partial charge is 0.367 e. The number of halogens is 1. The summed E-state index contributed by atoms with van der Waals surface area (Å²) in [6.07, 6.45) is 4.67. The van der Waals surface area contributed by atoms with Crippen molar-refractivity contribution in [1.82, 2.24) is 0 Å². The molecule has 4 heteroatoms. The van der Waals surface area contributed by atoms with Gasteiger partial charge in [-0.2, -0.15) is 0 Å². The zero-order valence-electron chi connectivity index (χ0n) is 14.4. The van der Waals surface area contributed by atoms with Gasteiger partial charge in [0.2, 0.25) is 0 Å². The fourth-order valence-corrected chi connectivity index (χ4v) is 5.24. The zero-order valence-corrected chi connectivity index (χ0v) is 15.2. The summed E-state index contributed by atoms with van der Waals surface area (Å²) in [4.78, 5) is 28.8. The van der Waals surface area contributed by atoms with Gasteiger partial charge in [-0.05, 0) is 48.8 Å². The summed E-state index contributed by atoms with van der Waals surface area (Å²) >= 11 is 6.22. The summed E-state index contributed by atoms with van der Waals surface area (Å²) in [6.45, 7) is 4.97. The zero-order chi connectivity index (χ0) is 17.1. The normalized spacial score (nSPS) is 27.8. The number of fused-ring (bicyclic) bond motifs is 4. The van der Waals surface area contributed by atoms with E-state index in [1.165, 1.54) is 0 Å². The number of anilines is 1. The van der Waals surface area contributed by atoms with Crippen LogP contribution >= 0.6 is 11.6 Å². The van der Waals surface area contributed by atoms with E-state index in [1.807, 2.05) is 32.0 Å². The molecule has 24 heavy (non-hydrogen) atoms. The van der Waals surface area contributed by atoms with E-state index in [-0.39, 0.29) is 23.0 Å². The quantitative estimate of drug-likeness (QED) is 0.661. The molecule has 2 heterocycles. The molecular formula is C20H24ClNO2. The van der Waals surface area contributed by atoms with Crippen LogP contribution < -0.4 is 4.90 Å². The molecule has 128 valence electrons. The second-order valence-electron chi connectivity index (χ2n) is 8.49. The van der Waals surface area contributed by atoms with Gasteiger partial charge in [0.25, 0.3) is 0 Å². The van der Waals surface area contributed by atoms with Gasteiger partial charge in [-0.3, -0.25) is 9.59 Å². The van der Waals surface area contributed by atoms with Crippen LogP contribution in [-0.4, -0.2) is 24.2 Å². The van der Waals surface area contributed by atoms with Gasteiger partial charge in [-0.1, -0.05) is 31.5 Å². The van der Waals surface area contributed by atoms with Gasteiger partial charge in [0.15, 0.2) is 0 Å². The van der Waals surface area contributed by atoms with Crippen molar-refractivity contribution in [3.05, 3.63) is 28.8 Å². The summed E-state index contributed by atoms with van der Waals surface area (Å²) < 4.78 is 0. The Balaban J connectivity index is 1.86. The lowest BCUT2D eigenvalue weighted by Gasteiger charge is -2.54. The van der Waals surface area contributed by atoms with Crippen LogP contribution in [0.15, 0.2) is 18.2 Å². The maximum atomic E-state index is 13.3.